The van der Waals surface area contributed by atoms with Gasteiger partial charge in [0.2, 0.25) is 11.8 Å². The van der Waals surface area contributed by atoms with Gasteiger partial charge in [-0.05, 0) is 60.2 Å². The molecule has 0 aromatic heterocycles. The van der Waals surface area contributed by atoms with Crippen molar-refractivity contribution in [3.8, 4) is 11.1 Å². The van der Waals surface area contributed by atoms with E-state index in [0.29, 0.717) is 38.0 Å². The fraction of sp³-hybridized carbons (Fsp3) is 0.297. The van der Waals surface area contributed by atoms with Crippen LogP contribution in [-0.4, -0.2) is 42.4 Å². The number of unbranched alkanes of at least 4 members (excludes halogenated alkanes) is 1. The molecule has 1 aliphatic heterocycles. The minimum absolute atomic E-state index is 0.0450. The average Bonchev–Trinajstić information content (AvgIpc) is 3.84. The monoisotopic (exact) mass is 557 g/mol. The summed E-state index contributed by atoms with van der Waals surface area (Å²) in [7, 11) is 0. The maximum absolute atomic E-state index is 13.7. The molecule has 214 valence electrons. The highest BCUT2D eigenvalue weighted by atomic mass is 16.2. The molecule has 42 heavy (non-hydrogen) atoms. The van der Waals surface area contributed by atoms with Gasteiger partial charge < -0.3 is 15.1 Å². The fourth-order valence-corrected chi connectivity index (χ4v) is 6.13. The second kappa shape index (κ2) is 13.2. The number of anilines is 1. The number of amides is 2. The molecule has 1 saturated heterocycles. The van der Waals surface area contributed by atoms with Gasteiger partial charge in [-0.2, -0.15) is 0 Å². The van der Waals surface area contributed by atoms with Gasteiger partial charge in [0.15, 0.2) is 0 Å². The van der Waals surface area contributed by atoms with Crippen molar-refractivity contribution in [3.63, 3.8) is 0 Å². The van der Waals surface area contributed by atoms with Gasteiger partial charge >= 0.3 is 0 Å². The molecule has 2 amide bonds. The van der Waals surface area contributed by atoms with Crippen molar-refractivity contribution in [1.29, 1.82) is 0 Å². The normalized spacial score (nSPS) is 20.4. The van der Waals surface area contributed by atoms with Crippen molar-refractivity contribution in [2.24, 2.45) is 5.92 Å². The molecular formula is C37H39N3O2. The lowest BCUT2D eigenvalue weighted by molar-refractivity contribution is -0.140. The molecule has 1 aliphatic carbocycles. The molecule has 5 nitrogen and oxygen atoms in total. The highest BCUT2D eigenvalue weighted by Gasteiger charge is 2.39. The second-order valence-corrected chi connectivity index (χ2v) is 11.5. The lowest BCUT2D eigenvalue weighted by Crippen LogP contribution is -2.39. The van der Waals surface area contributed by atoms with Crippen molar-refractivity contribution >= 4 is 17.5 Å². The number of carbonyl (C=O) groups excluding carboxylic acids is 2. The lowest BCUT2D eigenvalue weighted by atomic mass is 9.98. The van der Waals surface area contributed by atoms with Gasteiger partial charge in [0.25, 0.3) is 0 Å². The largest absolute Gasteiger partial charge is 0.336 e. The van der Waals surface area contributed by atoms with Crippen molar-refractivity contribution in [1.82, 2.24) is 10.2 Å². The number of rotatable bonds is 11. The van der Waals surface area contributed by atoms with Gasteiger partial charge in [-0.1, -0.05) is 110 Å². The first-order chi connectivity index (χ1) is 20.7. The summed E-state index contributed by atoms with van der Waals surface area (Å²) in [6.07, 6.45) is 3.51. The Kier molecular flexibility index (Phi) is 8.76. The van der Waals surface area contributed by atoms with E-state index in [1.54, 1.807) is 0 Å². The molecule has 1 saturated carbocycles. The molecule has 3 atom stereocenters. The molecule has 6 rings (SSSR count). The second-order valence-electron chi connectivity index (χ2n) is 11.5. The summed E-state index contributed by atoms with van der Waals surface area (Å²) in [5, 5.41) is 3.71. The third-order valence-corrected chi connectivity index (χ3v) is 8.61. The zero-order chi connectivity index (χ0) is 28.7. The van der Waals surface area contributed by atoms with Gasteiger partial charge in [0.05, 0.1) is 0 Å². The van der Waals surface area contributed by atoms with Crippen LogP contribution in [0.5, 0.6) is 0 Å². The van der Waals surface area contributed by atoms with Crippen LogP contribution < -0.4 is 10.2 Å². The van der Waals surface area contributed by atoms with Crippen LogP contribution in [0.25, 0.3) is 11.1 Å². The summed E-state index contributed by atoms with van der Waals surface area (Å²) < 4.78 is 0. The first-order valence-corrected chi connectivity index (χ1v) is 15.3. The lowest BCUT2D eigenvalue weighted by Gasteiger charge is -2.23. The number of hydrogen-bond acceptors (Lipinski definition) is 3. The van der Waals surface area contributed by atoms with Crippen LogP contribution in [0.15, 0.2) is 115 Å². The highest BCUT2D eigenvalue weighted by molar-refractivity contribution is 6.08. The van der Waals surface area contributed by atoms with E-state index in [1.807, 2.05) is 76.5 Å². The van der Waals surface area contributed by atoms with E-state index in [0.717, 1.165) is 37.1 Å². The molecule has 5 heteroatoms. The third-order valence-electron chi connectivity index (χ3n) is 8.61. The minimum Gasteiger partial charge on any atom is -0.336 e. The summed E-state index contributed by atoms with van der Waals surface area (Å²) in [5.74, 6) is -0.202. The van der Waals surface area contributed by atoms with Crippen LogP contribution in [0, 0.1) is 5.92 Å². The van der Waals surface area contributed by atoms with Crippen LogP contribution in [0.3, 0.4) is 0 Å². The Morgan fingerprint density at radius 2 is 1.31 bits per heavy atom. The number of carbonyl (C=O) groups is 2. The molecular weight excluding hydrogens is 518 g/mol. The van der Waals surface area contributed by atoms with Crippen molar-refractivity contribution in [2.75, 3.05) is 24.5 Å². The SMILES string of the molecule is O=C1C(CCCCN[C@@H]2C[C@H]2c2ccc(-c3ccccc3)cc2)C(=O)N(c2ccccc2)CCN1Cc1ccccc1. The Hall–Kier alpha value is -4.22. The summed E-state index contributed by atoms with van der Waals surface area (Å²) >= 11 is 0. The molecule has 4 aromatic rings. The zero-order valence-electron chi connectivity index (χ0n) is 24.1. The fourth-order valence-electron chi connectivity index (χ4n) is 6.13. The van der Waals surface area contributed by atoms with Crippen molar-refractivity contribution in [2.45, 2.75) is 44.2 Å². The average molecular weight is 558 g/mol. The topological polar surface area (TPSA) is 52.7 Å². The molecule has 0 radical (unpaired) electrons. The van der Waals surface area contributed by atoms with Crippen molar-refractivity contribution < 1.29 is 9.59 Å². The number of para-hydroxylation sites is 1. The van der Waals surface area contributed by atoms with E-state index in [-0.39, 0.29) is 11.8 Å². The molecule has 1 unspecified atom stereocenters. The standard InChI is InChI=1S/C37H39N3O2/c41-36-33(37(42)40(32-16-8-3-9-17-32)25-24-39(36)27-28-12-4-1-5-13-28)18-10-11-23-38-35-26-34(35)31-21-19-30(20-22-31)29-14-6-2-7-15-29/h1-9,12-17,19-22,33-35,38H,10-11,18,23-27H2/t33?,34-,35+/m0/s1. The van der Waals surface area contributed by atoms with Crippen molar-refractivity contribution in [3.05, 3.63) is 126 Å². The van der Waals surface area contributed by atoms with Gasteiger partial charge in [-0.25, -0.2) is 0 Å². The minimum atomic E-state index is -0.645. The molecule has 0 bridgehead atoms. The molecule has 1 N–H and O–H groups in total. The van der Waals surface area contributed by atoms with E-state index in [2.05, 4.69) is 53.8 Å². The highest BCUT2D eigenvalue weighted by Crippen LogP contribution is 2.41. The van der Waals surface area contributed by atoms with Crippen LogP contribution >= 0.6 is 0 Å². The Labute approximate surface area is 249 Å². The number of nitrogens with zero attached hydrogens (tertiary/aromatic N) is 2. The Morgan fingerprint density at radius 3 is 2.02 bits per heavy atom. The Bertz CT molecular complexity index is 1460. The van der Waals surface area contributed by atoms with Gasteiger partial charge in [-0.15, -0.1) is 0 Å². The van der Waals surface area contributed by atoms with Crippen LogP contribution in [-0.2, 0) is 16.1 Å². The van der Waals surface area contributed by atoms with E-state index in [9.17, 15) is 9.59 Å². The summed E-state index contributed by atoms with van der Waals surface area (Å²) in [6, 6.07) is 39.8. The Morgan fingerprint density at radius 1 is 0.667 bits per heavy atom. The number of hydrogen-bond donors (Lipinski definition) is 1. The quantitative estimate of drug-likeness (QED) is 0.166. The van der Waals surface area contributed by atoms with Crippen LogP contribution in [0.2, 0.25) is 0 Å². The zero-order valence-corrected chi connectivity index (χ0v) is 24.1. The molecule has 2 aliphatic rings. The molecule has 1 heterocycles. The predicted molar refractivity (Wildman–Crippen MR) is 169 cm³/mol. The summed E-state index contributed by atoms with van der Waals surface area (Å²) in [6.45, 7) is 2.47. The van der Waals surface area contributed by atoms with Crippen LogP contribution in [0.1, 0.15) is 42.7 Å². The van der Waals surface area contributed by atoms with E-state index >= 15 is 0 Å². The van der Waals surface area contributed by atoms with Gasteiger partial charge in [0.1, 0.15) is 5.92 Å². The molecule has 4 aromatic carbocycles. The van der Waals surface area contributed by atoms with Gasteiger partial charge in [0, 0.05) is 37.3 Å². The molecule has 2 fully saturated rings. The maximum Gasteiger partial charge on any atom is 0.239 e. The van der Waals surface area contributed by atoms with E-state index in [1.165, 1.54) is 16.7 Å². The van der Waals surface area contributed by atoms with E-state index < -0.39 is 5.92 Å². The summed E-state index contributed by atoms with van der Waals surface area (Å²) in [4.78, 5) is 31.1. The van der Waals surface area contributed by atoms with E-state index in [4.69, 9.17) is 0 Å². The predicted octanol–water partition coefficient (Wildman–Crippen LogP) is 6.66. The number of benzene rings is 4. The Balaban J connectivity index is 1.02. The first kappa shape index (κ1) is 27.9. The van der Waals surface area contributed by atoms with Crippen LogP contribution in [0.4, 0.5) is 5.69 Å². The first-order valence-electron chi connectivity index (χ1n) is 15.3. The number of nitrogens with one attached hydrogen (secondary N) is 1. The smallest absolute Gasteiger partial charge is 0.239 e. The summed E-state index contributed by atoms with van der Waals surface area (Å²) in [5.41, 5.74) is 5.83. The van der Waals surface area contributed by atoms with Gasteiger partial charge in [-0.3, -0.25) is 9.59 Å². The maximum atomic E-state index is 13.7. The third kappa shape index (κ3) is 6.63. The molecule has 0 spiro atoms.